The SMILES string of the molecule is CCc1ccc(S(=O)(=O)NCc2ccccc2F)cc1. The van der Waals surface area contributed by atoms with E-state index in [2.05, 4.69) is 4.72 Å². The first-order chi connectivity index (χ1) is 9.53. The second-order valence-electron chi connectivity index (χ2n) is 4.41. The van der Waals surface area contributed by atoms with Gasteiger partial charge < -0.3 is 0 Å². The lowest BCUT2D eigenvalue weighted by Gasteiger charge is -2.08. The lowest BCUT2D eigenvalue weighted by atomic mass is 10.2. The first kappa shape index (κ1) is 14.7. The Labute approximate surface area is 118 Å². The van der Waals surface area contributed by atoms with E-state index in [1.54, 1.807) is 42.5 Å². The molecule has 0 saturated heterocycles. The van der Waals surface area contributed by atoms with E-state index in [0.29, 0.717) is 5.56 Å². The Hall–Kier alpha value is -1.72. The molecule has 0 aromatic heterocycles. The molecule has 0 heterocycles. The zero-order chi connectivity index (χ0) is 14.6. The molecule has 0 atom stereocenters. The van der Waals surface area contributed by atoms with Crippen LogP contribution in [0.5, 0.6) is 0 Å². The fraction of sp³-hybridized carbons (Fsp3) is 0.200. The molecule has 3 nitrogen and oxygen atoms in total. The van der Waals surface area contributed by atoms with E-state index in [9.17, 15) is 12.8 Å². The summed E-state index contributed by atoms with van der Waals surface area (Å²) in [4.78, 5) is 0.186. The van der Waals surface area contributed by atoms with E-state index in [-0.39, 0.29) is 11.4 Å². The van der Waals surface area contributed by atoms with Gasteiger partial charge in [-0.15, -0.1) is 0 Å². The number of nitrogens with one attached hydrogen (secondary N) is 1. The molecule has 0 spiro atoms. The summed E-state index contributed by atoms with van der Waals surface area (Å²) >= 11 is 0. The molecular formula is C15H16FNO2S. The van der Waals surface area contributed by atoms with E-state index in [1.165, 1.54) is 6.07 Å². The van der Waals surface area contributed by atoms with Gasteiger partial charge in [-0.1, -0.05) is 37.3 Å². The molecule has 0 bridgehead atoms. The van der Waals surface area contributed by atoms with Gasteiger partial charge in [-0.3, -0.25) is 0 Å². The lowest BCUT2D eigenvalue weighted by molar-refractivity contribution is 0.574. The maximum atomic E-state index is 13.4. The van der Waals surface area contributed by atoms with Gasteiger partial charge in [0.1, 0.15) is 5.82 Å². The van der Waals surface area contributed by atoms with Crippen LogP contribution in [0.4, 0.5) is 4.39 Å². The third-order valence-electron chi connectivity index (χ3n) is 3.05. The molecule has 0 aliphatic heterocycles. The van der Waals surface area contributed by atoms with Crippen LogP contribution in [0.3, 0.4) is 0 Å². The van der Waals surface area contributed by atoms with Crippen molar-refractivity contribution < 1.29 is 12.8 Å². The average molecular weight is 293 g/mol. The van der Waals surface area contributed by atoms with Crippen molar-refractivity contribution in [2.45, 2.75) is 24.8 Å². The molecule has 0 unspecified atom stereocenters. The van der Waals surface area contributed by atoms with Crippen LogP contribution in [0.25, 0.3) is 0 Å². The highest BCUT2D eigenvalue weighted by molar-refractivity contribution is 7.89. The number of halogens is 1. The van der Waals surface area contributed by atoms with Crippen molar-refractivity contribution in [1.82, 2.24) is 4.72 Å². The van der Waals surface area contributed by atoms with E-state index in [1.807, 2.05) is 6.92 Å². The second-order valence-corrected chi connectivity index (χ2v) is 6.18. The van der Waals surface area contributed by atoms with Gasteiger partial charge in [-0.25, -0.2) is 17.5 Å². The molecule has 106 valence electrons. The molecule has 20 heavy (non-hydrogen) atoms. The summed E-state index contributed by atoms with van der Waals surface area (Å²) in [6.45, 7) is 1.93. The third-order valence-corrected chi connectivity index (χ3v) is 4.47. The molecule has 0 aliphatic carbocycles. The van der Waals surface area contributed by atoms with Crippen LogP contribution >= 0.6 is 0 Å². The van der Waals surface area contributed by atoms with Crippen molar-refractivity contribution >= 4 is 10.0 Å². The van der Waals surface area contributed by atoms with E-state index < -0.39 is 15.8 Å². The van der Waals surface area contributed by atoms with Crippen molar-refractivity contribution in [2.75, 3.05) is 0 Å². The Morgan fingerprint density at radius 2 is 1.70 bits per heavy atom. The Bertz CT molecular complexity index is 681. The fourth-order valence-corrected chi connectivity index (χ4v) is 2.81. The number of hydrogen-bond acceptors (Lipinski definition) is 2. The Morgan fingerprint density at radius 1 is 1.05 bits per heavy atom. The molecule has 1 N–H and O–H groups in total. The van der Waals surface area contributed by atoms with Crippen molar-refractivity contribution in [1.29, 1.82) is 0 Å². The minimum Gasteiger partial charge on any atom is -0.207 e. The van der Waals surface area contributed by atoms with Gasteiger partial charge in [-0.05, 0) is 30.2 Å². The van der Waals surface area contributed by atoms with Gasteiger partial charge in [0.2, 0.25) is 10.0 Å². The minimum atomic E-state index is -3.62. The number of sulfonamides is 1. The van der Waals surface area contributed by atoms with Crippen molar-refractivity contribution in [3.8, 4) is 0 Å². The van der Waals surface area contributed by atoms with Gasteiger partial charge in [-0.2, -0.15) is 0 Å². The van der Waals surface area contributed by atoms with E-state index in [4.69, 9.17) is 0 Å². The molecule has 0 amide bonds. The average Bonchev–Trinajstić information content (AvgIpc) is 2.46. The monoisotopic (exact) mass is 293 g/mol. The minimum absolute atomic E-state index is 0.0649. The Balaban J connectivity index is 2.13. The van der Waals surface area contributed by atoms with Gasteiger partial charge in [0, 0.05) is 12.1 Å². The van der Waals surface area contributed by atoms with Gasteiger partial charge in [0.25, 0.3) is 0 Å². The molecule has 2 rings (SSSR count). The Morgan fingerprint density at radius 3 is 2.30 bits per heavy atom. The third kappa shape index (κ3) is 3.43. The fourth-order valence-electron chi connectivity index (χ4n) is 1.80. The second kappa shape index (κ2) is 6.15. The first-order valence-electron chi connectivity index (χ1n) is 6.35. The zero-order valence-corrected chi connectivity index (χ0v) is 12.0. The summed E-state index contributed by atoms with van der Waals surface area (Å²) in [7, 11) is -3.62. The topological polar surface area (TPSA) is 46.2 Å². The zero-order valence-electron chi connectivity index (χ0n) is 11.1. The highest BCUT2D eigenvalue weighted by Crippen LogP contribution is 2.12. The molecule has 0 fully saturated rings. The van der Waals surface area contributed by atoms with Crippen LogP contribution in [0, 0.1) is 5.82 Å². The van der Waals surface area contributed by atoms with Crippen LogP contribution in [-0.2, 0) is 23.0 Å². The summed E-state index contributed by atoms with van der Waals surface area (Å²) < 4.78 is 40.0. The van der Waals surface area contributed by atoms with Gasteiger partial charge >= 0.3 is 0 Å². The van der Waals surface area contributed by atoms with Crippen LogP contribution in [0.2, 0.25) is 0 Å². The van der Waals surface area contributed by atoms with Gasteiger partial charge in [0.05, 0.1) is 4.90 Å². The number of rotatable bonds is 5. The van der Waals surface area contributed by atoms with Crippen molar-refractivity contribution in [3.05, 3.63) is 65.5 Å². The quantitative estimate of drug-likeness (QED) is 0.921. The molecule has 0 radical (unpaired) electrons. The number of benzene rings is 2. The lowest BCUT2D eigenvalue weighted by Crippen LogP contribution is -2.23. The molecular weight excluding hydrogens is 277 g/mol. The summed E-state index contributed by atoms with van der Waals surface area (Å²) in [6.07, 6.45) is 0.850. The van der Waals surface area contributed by atoms with Crippen molar-refractivity contribution in [2.24, 2.45) is 0 Å². The smallest absolute Gasteiger partial charge is 0.207 e. The van der Waals surface area contributed by atoms with Crippen LogP contribution in [-0.4, -0.2) is 8.42 Å². The first-order valence-corrected chi connectivity index (χ1v) is 7.83. The van der Waals surface area contributed by atoms with E-state index in [0.717, 1.165) is 12.0 Å². The molecule has 0 saturated carbocycles. The number of aryl methyl sites for hydroxylation is 1. The molecule has 2 aromatic carbocycles. The molecule has 5 heteroatoms. The largest absolute Gasteiger partial charge is 0.240 e. The number of hydrogen-bond donors (Lipinski definition) is 1. The Kier molecular flexibility index (Phi) is 4.52. The van der Waals surface area contributed by atoms with Crippen LogP contribution in [0.1, 0.15) is 18.1 Å². The maximum Gasteiger partial charge on any atom is 0.240 e. The van der Waals surface area contributed by atoms with Crippen LogP contribution < -0.4 is 4.72 Å². The standard InChI is InChI=1S/C15H16FNO2S/c1-2-12-7-9-14(10-8-12)20(18,19)17-11-13-5-3-4-6-15(13)16/h3-10,17H,2,11H2,1H3. The highest BCUT2D eigenvalue weighted by atomic mass is 32.2. The molecule has 0 aliphatic rings. The summed E-state index contributed by atoms with van der Waals surface area (Å²) in [5, 5.41) is 0. The van der Waals surface area contributed by atoms with Gasteiger partial charge in [0.15, 0.2) is 0 Å². The molecule has 2 aromatic rings. The highest BCUT2D eigenvalue weighted by Gasteiger charge is 2.14. The maximum absolute atomic E-state index is 13.4. The predicted octanol–water partition coefficient (Wildman–Crippen LogP) is 2.87. The predicted molar refractivity (Wildman–Crippen MR) is 76.2 cm³/mol. The van der Waals surface area contributed by atoms with E-state index >= 15 is 0 Å². The normalized spacial score (nSPS) is 11.5. The summed E-state index contributed by atoms with van der Waals surface area (Å²) in [6, 6.07) is 12.8. The summed E-state index contributed by atoms with van der Waals surface area (Å²) in [5.41, 5.74) is 1.39. The van der Waals surface area contributed by atoms with Crippen molar-refractivity contribution in [3.63, 3.8) is 0 Å². The summed E-state index contributed by atoms with van der Waals surface area (Å²) in [5.74, 6) is -0.420. The van der Waals surface area contributed by atoms with Crippen LogP contribution in [0.15, 0.2) is 53.4 Å².